The third-order valence-electron chi connectivity index (χ3n) is 3.11. The smallest absolute Gasteiger partial charge is 0.0364 e. The highest BCUT2D eigenvalue weighted by atomic mass is 127. The molecule has 1 aromatic rings. The quantitative estimate of drug-likeness (QED) is 0.469. The molecule has 0 saturated carbocycles. The van der Waals surface area contributed by atoms with Crippen LogP contribution in [0, 0.1) is 3.57 Å². The van der Waals surface area contributed by atoms with Gasteiger partial charge in [0.2, 0.25) is 0 Å². The molecule has 0 aliphatic rings. The van der Waals surface area contributed by atoms with Crippen molar-refractivity contribution in [1.82, 2.24) is 0 Å². The van der Waals surface area contributed by atoms with Gasteiger partial charge in [0.05, 0.1) is 0 Å². The largest absolute Gasteiger partial charge is 0.375 e. The van der Waals surface area contributed by atoms with E-state index in [0.29, 0.717) is 0 Å². The topological polar surface area (TPSA) is 3.24 Å². The van der Waals surface area contributed by atoms with Crippen LogP contribution in [0.1, 0.15) is 45.4 Å². The first-order chi connectivity index (χ1) is 8.24. The van der Waals surface area contributed by atoms with E-state index in [9.17, 15) is 0 Å². The Balaban J connectivity index is 2.16. The molecule has 96 valence electrons. The van der Waals surface area contributed by atoms with Crippen LogP contribution in [0.25, 0.3) is 0 Å². The molecule has 0 unspecified atom stereocenters. The van der Waals surface area contributed by atoms with Crippen molar-refractivity contribution in [1.29, 1.82) is 0 Å². The van der Waals surface area contributed by atoms with Gasteiger partial charge in [0.1, 0.15) is 0 Å². The van der Waals surface area contributed by atoms with Gasteiger partial charge in [0.15, 0.2) is 0 Å². The minimum Gasteiger partial charge on any atom is -0.375 e. The van der Waals surface area contributed by atoms with Crippen molar-refractivity contribution in [2.75, 3.05) is 18.5 Å². The zero-order valence-electron chi connectivity index (χ0n) is 11.1. The van der Waals surface area contributed by atoms with E-state index in [2.05, 4.69) is 65.7 Å². The average Bonchev–Trinajstić information content (AvgIpc) is 2.34. The van der Waals surface area contributed by atoms with E-state index in [1.54, 1.807) is 0 Å². The van der Waals surface area contributed by atoms with Crippen molar-refractivity contribution in [2.45, 2.75) is 45.4 Å². The van der Waals surface area contributed by atoms with Gasteiger partial charge in [-0.15, -0.1) is 0 Å². The van der Waals surface area contributed by atoms with E-state index in [1.807, 2.05) is 0 Å². The number of hydrogen-bond donors (Lipinski definition) is 0. The van der Waals surface area contributed by atoms with Gasteiger partial charge < -0.3 is 4.90 Å². The van der Waals surface area contributed by atoms with Crippen molar-refractivity contribution in [3.8, 4) is 0 Å². The normalized spacial score (nSPS) is 10.5. The minimum absolute atomic E-state index is 1.17. The van der Waals surface area contributed by atoms with Crippen LogP contribution in [-0.4, -0.2) is 13.6 Å². The lowest BCUT2D eigenvalue weighted by atomic mass is 10.1. The standard InChI is InChI=1S/C15H24IN/c1-3-4-5-6-7-8-13-17(2)15-11-9-14(16)10-12-15/h9-12H,3-8,13H2,1-2H3. The van der Waals surface area contributed by atoms with Gasteiger partial charge >= 0.3 is 0 Å². The van der Waals surface area contributed by atoms with Crippen LogP contribution in [0.4, 0.5) is 5.69 Å². The van der Waals surface area contributed by atoms with Crippen molar-refractivity contribution in [3.63, 3.8) is 0 Å². The molecule has 0 aliphatic heterocycles. The number of rotatable bonds is 8. The maximum atomic E-state index is 2.36. The molecule has 2 heteroatoms. The number of hydrogen-bond acceptors (Lipinski definition) is 1. The summed E-state index contributed by atoms with van der Waals surface area (Å²) in [5.74, 6) is 0. The third-order valence-corrected chi connectivity index (χ3v) is 3.83. The van der Waals surface area contributed by atoms with Crippen LogP contribution < -0.4 is 4.90 Å². The van der Waals surface area contributed by atoms with Crippen LogP contribution in [-0.2, 0) is 0 Å². The van der Waals surface area contributed by atoms with E-state index in [4.69, 9.17) is 0 Å². The highest BCUT2D eigenvalue weighted by Gasteiger charge is 1.99. The Morgan fingerprint density at radius 1 is 0.941 bits per heavy atom. The number of halogens is 1. The number of nitrogens with zero attached hydrogens (tertiary/aromatic N) is 1. The van der Waals surface area contributed by atoms with Crippen molar-refractivity contribution < 1.29 is 0 Å². The molecule has 0 bridgehead atoms. The Morgan fingerprint density at radius 2 is 1.53 bits per heavy atom. The zero-order chi connectivity index (χ0) is 12.5. The Morgan fingerprint density at radius 3 is 2.18 bits per heavy atom. The number of anilines is 1. The molecule has 0 aromatic heterocycles. The van der Waals surface area contributed by atoms with Gasteiger partial charge in [-0.1, -0.05) is 39.0 Å². The molecule has 0 heterocycles. The molecule has 0 spiro atoms. The fourth-order valence-electron chi connectivity index (χ4n) is 1.95. The van der Waals surface area contributed by atoms with Gasteiger partial charge in [-0.25, -0.2) is 0 Å². The molecule has 17 heavy (non-hydrogen) atoms. The Kier molecular flexibility index (Phi) is 7.65. The lowest BCUT2D eigenvalue weighted by molar-refractivity contribution is 0.606. The highest BCUT2D eigenvalue weighted by molar-refractivity contribution is 14.1. The molecular formula is C15H24IN. The summed E-state index contributed by atoms with van der Waals surface area (Å²) in [6.45, 7) is 3.44. The molecule has 1 nitrogen and oxygen atoms in total. The minimum atomic E-state index is 1.17. The Hall–Kier alpha value is -0.250. The number of benzene rings is 1. The molecule has 0 saturated heterocycles. The summed E-state index contributed by atoms with van der Waals surface area (Å²) in [4.78, 5) is 2.36. The summed E-state index contributed by atoms with van der Waals surface area (Å²) in [6.07, 6.45) is 8.22. The second kappa shape index (κ2) is 8.78. The van der Waals surface area contributed by atoms with E-state index < -0.39 is 0 Å². The lowest BCUT2D eigenvalue weighted by Crippen LogP contribution is -2.18. The maximum absolute atomic E-state index is 2.36. The molecule has 0 N–H and O–H groups in total. The van der Waals surface area contributed by atoms with Crippen molar-refractivity contribution >= 4 is 28.3 Å². The Bertz CT molecular complexity index is 294. The molecule has 0 amide bonds. The summed E-state index contributed by atoms with van der Waals surface area (Å²) in [6, 6.07) is 8.76. The Labute approximate surface area is 120 Å². The summed E-state index contributed by atoms with van der Waals surface area (Å²) >= 11 is 2.35. The van der Waals surface area contributed by atoms with Gasteiger partial charge in [0, 0.05) is 22.8 Å². The van der Waals surface area contributed by atoms with Gasteiger partial charge in [-0.05, 0) is 53.3 Å². The monoisotopic (exact) mass is 345 g/mol. The summed E-state index contributed by atoms with van der Waals surface area (Å²) < 4.78 is 1.30. The van der Waals surface area contributed by atoms with E-state index in [-0.39, 0.29) is 0 Å². The van der Waals surface area contributed by atoms with Crippen LogP contribution in [0.15, 0.2) is 24.3 Å². The molecule has 0 aliphatic carbocycles. The van der Waals surface area contributed by atoms with Crippen LogP contribution in [0.3, 0.4) is 0 Å². The first-order valence-corrected chi connectivity index (χ1v) is 7.78. The van der Waals surface area contributed by atoms with Gasteiger partial charge in [-0.3, -0.25) is 0 Å². The predicted octanol–water partition coefficient (Wildman–Crippen LogP) is 5.09. The van der Waals surface area contributed by atoms with Crippen LogP contribution in [0.5, 0.6) is 0 Å². The van der Waals surface area contributed by atoms with Crippen molar-refractivity contribution in [2.24, 2.45) is 0 Å². The predicted molar refractivity (Wildman–Crippen MR) is 85.8 cm³/mol. The lowest BCUT2D eigenvalue weighted by Gasteiger charge is -2.19. The second-order valence-corrected chi connectivity index (χ2v) is 5.91. The summed E-state index contributed by atoms with van der Waals surface area (Å²) in [5, 5.41) is 0. The van der Waals surface area contributed by atoms with Crippen molar-refractivity contribution in [3.05, 3.63) is 27.8 Å². The second-order valence-electron chi connectivity index (χ2n) is 4.67. The molecule has 0 radical (unpaired) electrons. The molecule has 1 rings (SSSR count). The van der Waals surface area contributed by atoms with E-state index in [0.717, 1.165) is 0 Å². The molecule has 0 fully saturated rings. The first kappa shape index (κ1) is 14.8. The van der Waals surface area contributed by atoms with Gasteiger partial charge in [0.25, 0.3) is 0 Å². The summed E-state index contributed by atoms with van der Waals surface area (Å²) in [5.41, 5.74) is 1.33. The van der Waals surface area contributed by atoms with Crippen LogP contribution in [0.2, 0.25) is 0 Å². The molecule has 1 aromatic carbocycles. The first-order valence-electron chi connectivity index (χ1n) is 6.70. The molecular weight excluding hydrogens is 321 g/mol. The fourth-order valence-corrected chi connectivity index (χ4v) is 2.31. The zero-order valence-corrected chi connectivity index (χ0v) is 13.2. The van der Waals surface area contributed by atoms with Gasteiger partial charge in [-0.2, -0.15) is 0 Å². The van der Waals surface area contributed by atoms with E-state index >= 15 is 0 Å². The third kappa shape index (κ3) is 6.29. The highest BCUT2D eigenvalue weighted by Crippen LogP contribution is 2.16. The fraction of sp³-hybridized carbons (Fsp3) is 0.600. The SMILES string of the molecule is CCCCCCCCN(C)c1ccc(I)cc1. The maximum Gasteiger partial charge on any atom is 0.0364 e. The number of unbranched alkanes of at least 4 members (excludes halogenated alkanes) is 5. The van der Waals surface area contributed by atoms with E-state index in [1.165, 1.54) is 54.3 Å². The average molecular weight is 345 g/mol. The summed E-state index contributed by atoms with van der Waals surface area (Å²) in [7, 11) is 2.19. The van der Waals surface area contributed by atoms with Crippen LogP contribution >= 0.6 is 22.6 Å². The molecule has 0 atom stereocenters.